The molecule has 1 atom stereocenters. The molecule has 1 heterocycles. The van der Waals surface area contributed by atoms with Crippen molar-refractivity contribution in [2.45, 2.75) is 13.3 Å². The van der Waals surface area contributed by atoms with E-state index < -0.39 is 0 Å². The van der Waals surface area contributed by atoms with Crippen molar-refractivity contribution < 1.29 is 14.3 Å². The van der Waals surface area contributed by atoms with Crippen molar-refractivity contribution in [1.29, 1.82) is 0 Å². The predicted molar refractivity (Wildman–Crippen MR) is 101 cm³/mol. The van der Waals surface area contributed by atoms with Crippen molar-refractivity contribution in [2.24, 2.45) is 5.92 Å². The zero-order chi connectivity index (χ0) is 17.8. The summed E-state index contributed by atoms with van der Waals surface area (Å²) in [5.74, 6) is 0.0633. The van der Waals surface area contributed by atoms with E-state index in [2.05, 4.69) is 21.2 Å². The fourth-order valence-corrected chi connectivity index (χ4v) is 3.12. The number of carbonyl (C=O) groups is 2. The number of hydrogen-bond acceptors (Lipinski definition) is 3. The second-order valence-electron chi connectivity index (χ2n) is 5.80. The molecule has 5 nitrogen and oxygen atoms in total. The lowest BCUT2D eigenvalue weighted by molar-refractivity contribution is -0.122. The molecule has 2 aromatic rings. The molecule has 0 bridgehead atoms. The number of anilines is 2. The van der Waals surface area contributed by atoms with Crippen LogP contribution in [0, 0.1) is 5.92 Å². The summed E-state index contributed by atoms with van der Waals surface area (Å²) < 4.78 is 6.55. The fourth-order valence-electron chi connectivity index (χ4n) is 2.85. The van der Waals surface area contributed by atoms with Crippen molar-refractivity contribution in [2.75, 3.05) is 23.4 Å². The zero-order valence-corrected chi connectivity index (χ0v) is 15.5. The molecule has 3 rings (SSSR count). The van der Waals surface area contributed by atoms with E-state index in [9.17, 15) is 9.59 Å². The minimum absolute atomic E-state index is 0.0666. The smallest absolute Gasteiger partial charge is 0.229 e. The van der Waals surface area contributed by atoms with Gasteiger partial charge in [0.05, 0.1) is 18.2 Å². The maximum atomic E-state index is 12.5. The number of nitrogens with zero attached hydrogens (tertiary/aromatic N) is 1. The average molecular weight is 403 g/mol. The summed E-state index contributed by atoms with van der Waals surface area (Å²) in [5, 5.41) is 2.87. The summed E-state index contributed by atoms with van der Waals surface area (Å²) in [6.07, 6.45) is 0.197. The molecular weight excluding hydrogens is 384 g/mol. The number of rotatable bonds is 5. The van der Waals surface area contributed by atoms with Gasteiger partial charge in [-0.15, -0.1) is 0 Å². The lowest BCUT2D eigenvalue weighted by atomic mass is 10.1. The van der Waals surface area contributed by atoms with Crippen LogP contribution in [0.3, 0.4) is 0 Å². The van der Waals surface area contributed by atoms with Crippen LogP contribution in [0.1, 0.15) is 13.3 Å². The Morgan fingerprint density at radius 3 is 2.68 bits per heavy atom. The van der Waals surface area contributed by atoms with Gasteiger partial charge in [-0.3, -0.25) is 9.59 Å². The third-order valence-electron chi connectivity index (χ3n) is 4.06. The molecule has 0 saturated carbocycles. The number of halogens is 1. The van der Waals surface area contributed by atoms with Crippen molar-refractivity contribution in [3.63, 3.8) is 0 Å². The normalized spacial score (nSPS) is 16.8. The minimum Gasteiger partial charge on any atom is -0.492 e. The summed E-state index contributed by atoms with van der Waals surface area (Å²) in [6.45, 7) is 2.77. The lowest BCUT2D eigenvalue weighted by Crippen LogP contribution is -2.28. The van der Waals surface area contributed by atoms with E-state index in [0.717, 1.165) is 4.47 Å². The summed E-state index contributed by atoms with van der Waals surface area (Å²) in [7, 11) is 0. The second kappa shape index (κ2) is 7.70. The first-order valence-electron chi connectivity index (χ1n) is 8.17. The number of para-hydroxylation sites is 2. The van der Waals surface area contributed by atoms with Crippen molar-refractivity contribution in [3.8, 4) is 5.75 Å². The fraction of sp³-hybridized carbons (Fsp3) is 0.263. The van der Waals surface area contributed by atoms with Crippen LogP contribution in [-0.2, 0) is 9.59 Å². The molecule has 1 fully saturated rings. The van der Waals surface area contributed by atoms with Crippen LogP contribution < -0.4 is 15.0 Å². The Hall–Kier alpha value is -2.34. The molecule has 0 radical (unpaired) electrons. The summed E-state index contributed by atoms with van der Waals surface area (Å²) in [4.78, 5) is 26.6. The molecule has 6 heteroatoms. The Balaban J connectivity index is 1.72. The molecule has 1 aliphatic rings. The standard InChI is InChI=1S/C19H19BrN2O3/c1-2-25-17-6-4-3-5-16(17)22-12-13(11-18(22)23)19(24)21-15-9-7-14(20)8-10-15/h3-10,13H,2,11-12H2,1H3,(H,21,24)/t13-/m1/s1. The van der Waals surface area contributed by atoms with Crippen LogP contribution in [0.4, 0.5) is 11.4 Å². The minimum atomic E-state index is -0.383. The second-order valence-corrected chi connectivity index (χ2v) is 6.72. The molecule has 0 aromatic heterocycles. The van der Waals surface area contributed by atoms with Crippen molar-refractivity contribution in [3.05, 3.63) is 53.0 Å². The predicted octanol–water partition coefficient (Wildman–Crippen LogP) is 3.84. The molecule has 1 saturated heterocycles. The molecule has 0 spiro atoms. The third kappa shape index (κ3) is 4.02. The van der Waals surface area contributed by atoms with Crippen LogP contribution in [-0.4, -0.2) is 25.0 Å². The van der Waals surface area contributed by atoms with Gasteiger partial charge in [0.15, 0.2) is 0 Å². The Bertz CT molecular complexity index is 776. The van der Waals surface area contributed by atoms with E-state index in [1.54, 1.807) is 4.90 Å². The van der Waals surface area contributed by atoms with Crippen LogP contribution in [0.25, 0.3) is 0 Å². The lowest BCUT2D eigenvalue weighted by Gasteiger charge is -2.20. The van der Waals surface area contributed by atoms with Crippen molar-refractivity contribution >= 4 is 39.1 Å². The Labute approximate surface area is 155 Å². The number of amides is 2. The molecule has 25 heavy (non-hydrogen) atoms. The molecule has 0 unspecified atom stereocenters. The summed E-state index contributed by atoms with van der Waals surface area (Å²) >= 11 is 3.36. The third-order valence-corrected chi connectivity index (χ3v) is 4.59. The summed E-state index contributed by atoms with van der Waals surface area (Å²) in [6, 6.07) is 14.8. The Kier molecular flexibility index (Phi) is 5.38. The zero-order valence-electron chi connectivity index (χ0n) is 13.9. The van der Waals surface area contributed by atoms with Crippen LogP contribution >= 0.6 is 15.9 Å². The molecule has 1 N–H and O–H groups in total. The van der Waals surface area contributed by atoms with Gasteiger partial charge in [0, 0.05) is 23.1 Å². The number of benzene rings is 2. The number of nitrogens with one attached hydrogen (secondary N) is 1. The van der Waals surface area contributed by atoms with Crippen LogP contribution in [0.5, 0.6) is 5.75 Å². The topological polar surface area (TPSA) is 58.6 Å². The molecule has 1 aliphatic heterocycles. The highest BCUT2D eigenvalue weighted by Crippen LogP contribution is 2.33. The molecular formula is C19H19BrN2O3. The van der Waals surface area contributed by atoms with Gasteiger partial charge < -0.3 is 15.0 Å². The van der Waals surface area contributed by atoms with Gasteiger partial charge in [-0.1, -0.05) is 28.1 Å². The first kappa shape index (κ1) is 17.5. The van der Waals surface area contributed by atoms with E-state index in [1.165, 1.54) is 0 Å². The first-order valence-corrected chi connectivity index (χ1v) is 8.96. The highest BCUT2D eigenvalue weighted by molar-refractivity contribution is 9.10. The van der Waals surface area contributed by atoms with E-state index in [1.807, 2.05) is 55.5 Å². The van der Waals surface area contributed by atoms with Gasteiger partial charge in [0.2, 0.25) is 11.8 Å². The van der Waals surface area contributed by atoms with Gasteiger partial charge in [-0.25, -0.2) is 0 Å². The van der Waals surface area contributed by atoms with Gasteiger partial charge in [0.25, 0.3) is 0 Å². The van der Waals surface area contributed by atoms with E-state index in [0.29, 0.717) is 30.3 Å². The number of carbonyl (C=O) groups excluding carboxylic acids is 2. The summed E-state index contributed by atoms with van der Waals surface area (Å²) in [5.41, 5.74) is 1.43. The van der Waals surface area contributed by atoms with Gasteiger partial charge in [0.1, 0.15) is 5.75 Å². The number of hydrogen-bond donors (Lipinski definition) is 1. The van der Waals surface area contributed by atoms with Crippen molar-refractivity contribution in [1.82, 2.24) is 0 Å². The van der Waals surface area contributed by atoms with E-state index >= 15 is 0 Å². The molecule has 2 aromatic carbocycles. The Morgan fingerprint density at radius 2 is 1.96 bits per heavy atom. The largest absolute Gasteiger partial charge is 0.492 e. The monoisotopic (exact) mass is 402 g/mol. The van der Waals surface area contributed by atoms with Gasteiger partial charge >= 0.3 is 0 Å². The highest BCUT2D eigenvalue weighted by atomic mass is 79.9. The van der Waals surface area contributed by atoms with Crippen LogP contribution in [0.15, 0.2) is 53.0 Å². The molecule has 0 aliphatic carbocycles. The van der Waals surface area contributed by atoms with Crippen LogP contribution in [0.2, 0.25) is 0 Å². The molecule has 2 amide bonds. The van der Waals surface area contributed by atoms with Gasteiger partial charge in [-0.2, -0.15) is 0 Å². The SMILES string of the molecule is CCOc1ccccc1N1C[C@H](C(=O)Nc2ccc(Br)cc2)CC1=O. The average Bonchev–Trinajstić information content (AvgIpc) is 2.99. The van der Waals surface area contributed by atoms with E-state index in [4.69, 9.17) is 4.74 Å². The maximum Gasteiger partial charge on any atom is 0.229 e. The Morgan fingerprint density at radius 1 is 1.24 bits per heavy atom. The number of ether oxygens (including phenoxy) is 1. The maximum absolute atomic E-state index is 12.5. The highest BCUT2D eigenvalue weighted by Gasteiger charge is 2.36. The van der Waals surface area contributed by atoms with Gasteiger partial charge in [-0.05, 0) is 43.3 Å². The molecule has 130 valence electrons. The first-order chi connectivity index (χ1) is 12.1. The van der Waals surface area contributed by atoms with E-state index in [-0.39, 0.29) is 24.2 Å². The quantitative estimate of drug-likeness (QED) is 0.826.